The van der Waals surface area contributed by atoms with Crippen LogP contribution < -0.4 is 10.1 Å². The molecule has 3 rings (SSSR count). The van der Waals surface area contributed by atoms with Gasteiger partial charge in [-0.3, -0.25) is 4.79 Å². The van der Waals surface area contributed by atoms with Crippen molar-refractivity contribution in [2.45, 2.75) is 13.8 Å². The van der Waals surface area contributed by atoms with E-state index in [1.165, 1.54) is 0 Å². The molecule has 0 bridgehead atoms. The van der Waals surface area contributed by atoms with Gasteiger partial charge in [0.1, 0.15) is 5.75 Å². The Morgan fingerprint density at radius 3 is 2.62 bits per heavy atom. The molecule has 0 unspecified atom stereocenters. The summed E-state index contributed by atoms with van der Waals surface area (Å²) >= 11 is 0. The number of methoxy groups -OCH3 is 1. The third-order valence-electron chi connectivity index (χ3n) is 3.85. The van der Waals surface area contributed by atoms with Crippen LogP contribution in [-0.4, -0.2) is 27.8 Å². The van der Waals surface area contributed by atoms with Gasteiger partial charge in [0.25, 0.3) is 5.91 Å². The highest BCUT2D eigenvalue weighted by atomic mass is 16.5. The molecule has 0 atom stereocenters. The highest BCUT2D eigenvalue weighted by molar-refractivity contribution is 6.06. The third kappa shape index (κ3) is 2.88. The number of rotatable bonds is 4. The summed E-state index contributed by atoms with van der Waals surface area (Å²) in [5, 5.41) is 10.7. The van der Waals surface area contributed by atoms with E-state index < -0.39 is 0 Å². The van der Waals surface area contributed by atoms with Crippen LogP contribution in [0.15, 0.2) is 34.9 Å². The first-order chi connectivity index (χ1) is 11.5. The largest absolute Gasteiger partial charge is 0.495 e. The topological polar surface area (TPSA) is 82.2 Å². The van der Waals surface area contributed by atoms with Gasteiger partial charge >= 0.3 is 0 Å². The maximum atomic E-state index is 12.5. The fourth-order valence-corrected chi connectivity index (χ4v) is 2.39. The first-order valence-electron chi connectivity index (χ1n) is 7.41. The van der Waals surface area contributed by atoms with Gasteiger partial charge in [-0.25, -0.2) is 0 Å². The zero-order chi connectivity index (χ0) is 17.3. The average molecular weight is 326 g/mol. The number of anilines is 1. The van der Waals surface area contributed by atoms with E-state index in [4.69, 9.17) is 9.15 Å². The van der Waals surface area contributed by atoms with Crippen LogP contribution in [0.5, 0.6) is 5.75 Å². The lowest BCUT2D eigenvalue weighted by Crippen LogP contribution is -2.13. The second kappa shape index (κ2) is 6.19. The van der Waals surface area contributed by atoms with Gasteiger partial charge in [-0.15, -0.1) is 10.2 Å². The lowest BCUT2D eigenvalue weighted by molar-refractivity contribution is 0.102. The lowest BCUT2D eigenvalue weighted by Gasteiger charge is -2.11. The SMILES string of the molecule is COc1ccc(-c2nnc(C)o2)cc1NC(=O)c1ccn(C)c1C. The minimum atomic E-state index is -0.203. The van der Waals surface area contributed by atoms with E-state index in [2.05, 4.69) is 15.5 Å². The summed E-state index contributed by atoms with van der Waals surface area (Å²) in [5.74, 6) is 1.22. The van der Waals surface area contributed by atoms with E-state index in [0.717, 1.165) is 5.69 Å². The van der Waals surface area contributed by atoms with Crippen LogP contribution in [0.2, 0.25) is 0 Å². The van der Waals surface area contributed by atoms with Crippen molar-refractivity contribution in [3.8, 4) is 17.2 Å². The molecule has 0 saturated heterocycles. The fraction of sp³-hybridized carbons (Fsp3) is 0.235. The Labute approximate surface area is 139 Å². The zero-order valence-corrected chi connectivity index (χ0v) is 14.0. The maximum Gasteiger partial charge on any atom is 0.257 e. The van der Waals surface area contributed by atoms with Gasteiger partial charge in [0.15, 0.2) is 0 Å². The molecule has 0 saturated carbocycles. The number of carbonyl (C=O) groups excluding carboxylic acids is 1. The summed E-state index contributed by atoms with van der Waals surface area (Å²) in [6, 6.07) is 7.09. The van der Waals surface area contributed by atoms with Gasteiger partial charge in [0.05, 0.1) is 18.4 Å². The van der Waals surface area contributed by atoms with Crippen LogP contribution in [0, 0.1) is 13.8 Å². The van der Waals surface area contributed by atoms with Crippen LogP contribution in [0.4, 0.5) is 5.69 Å². The van der Waals surface area contributed by atoms with Crippen molar-refractivity contribution in [2.75, 3.05) is 12.4 Å². The van der Waals surface area contributed by atoms with Crippen LogP contribution in [0.1, 0.15) is 21.9 Å². The summed E-state index contributed by atoms with van der Waals surface area (Å²) in [6.45, 7) is 3.62. The Hall–Kier alpha value is -3.09. The van der Waals surface area contributed by atoms with Crippen LogP contribution in [0.25, 0.3) is 11.5 Å². The van der Waals surface area contributed by atoms with Crippen molar-refractivity contribution in [1.82, 2.24) is 14.8 Å². The third-order valence-corrected chi connectivity index (χ3v) is 3.85. The Kier molecular flexibility index (Phi) is 4.07. The number of hydrogen-bond acceptors (Lipinski definition) is 5. The normalized spacial score (nSPS) is 10.7. The van der Waals surface area contributed by atoms with Gasteiger partial charge in [0.2, 0.25) is 11.8 Å². The molecule has 7 heteroatoms. The van der Waals surface area contributed by atoms with E-state index in [1.807, 2.05) is 24.7 Å². The minimum Gasteiger partial charge on any atom is -0.495 e. The predicted octanol–water partition coefficient (Wildman–Crippen LogP) is 2.95. The Bertz CT molecular complexity index is 895. The molecule has 0 spiro atoms. The number of amides is 1. The molecule has 124 valence electrons. The molecule has 0 fully saturated rings. The summed E-state index contributed by atoms with van der Waals surface area (Å²) < 4.78 is 12.7. The summed E-state index contributed by atoms with van der Waals surface area (Å²) in [4.78, 5) is 12.5. The number of aromatic nitrogens is 3. The molecule has 0 aliphatic heterocycles. The highest BCUT2D eigenvalue weighted by Gasteiger charge is 2.16. The summed E-state index contributed by atoms with van der Waals surface area (Å²) in [5.41, 5.74) is 2.74. The molecule has 2 aromatic heterocycles. The first-order valence-corrected chi connectivity index (χ1v) is 7.41. The minimum absolute atomic E-state index is 0.203. The standard InChI is InChI=1S/C17H18N4O3/c1-10-13(7-8-21(10)3)16(22)18-14-9-12(5-6-15(14)23-4)17-20-19-11(2)24-17/h5-9H,1-4H3,(H,18,22). The van der Waals surface area contributed by atoms with Gasteiger partial charge in [-0.2, -0.15) is 0 Å². The molecule has 1 aromatic carbocycles. The van der Waals surface area contributed by atoms with Gasteiger partial charge < -0.3 is 19.0 Å². The summed E-state index contributed by atoms with van der Waals surface area (Å²) in [6.07, 6.45) is 1.85. The van der Waals surface area contributed by atoms with Crippen molar-refractivity contribution in [3.63, 3.8) is 0 Å². The number of aryl methyl sites for hydroxylation is 2. The number of hydrogen-bond donors (Lipinski definition) is 1. The molecular weight excluding hydrogens is 308 g/mol. The van der Waals surface area contributed by atoms with Gasteiger partial charge in [0, 0.05) is 31.4 Å². The Morgan fingerprint density at radius 1 is 1.25 bits per heavy atom. The molecule has 1 amide bonds. The second-order valence-corrected chi connectivity index (χ2v) is 5.42. The van der Waals surface area contributed by atoms with Crippen molar-refractivity contribution < 1.29 is 13.9 Å². The van der Waals surface area contributed by atoms with Crippen LogP contribution in [-0.2, 0) is 7.05 Å². The highest BCUT2D eigenvalue weighted by Crippen LogP contribution is 2.30. The number of benzene rings is 1. The van der Waals surface area contributed by atoms with Gasteiger partial charge in [-0.1, -0.05) is 0 Å². The fourth-order valence-electron chi connectivity index (χ4n) is 2.39. The number of nitrogens with one attached hydrogen (secondary N) is 1. The predicted molar refractivity (Wildman–Crippen MR) is 89.1 cm³/mol. The smallest absolute Gasteiger partial charge is 0.257 e. The van der Waals surface area contributed by atoms with Crippen molar-refractivity contribution in [3.05, 3.63) is 47.6 Å². The van der Waals surface area contributed by atoms with E-state index in [0.29, 0.717) is 34.3 Å². The maximum absolute atomic E-state index is 12.5. The molecule has 3 aromatic rings. The Balaban J connectivity index is 1.94. The molecular formula is C17H18N4O3. The molecule has 0 aliphatic rings. The molecule has 0 aliphatic carbocycles. The van der Waals surface area contributed by atoms with Crippen LogP contribution in [0.3, 0.4) is 0 Å². The lowest BCUT2D eigenvalue weighted by atomic mass is 10.1. The van der Waals surface area contributed by atoms with Crippen LogP contribution >= 0.6 is 0 Å². The quantitative estimate of drug-likeness (QED) is 0.797. The average Bonchev–Trinajstić information content (AvgIpc) is 3.14. The van der Waals surface area contributed by atoms with E-state index in [1.54, 1.807) is 38.3 Å². The van der Waals surface area contributed by atoms with E-state index >= 15 is 0 Å². The monoisotopic (exact) mass is 326 g/mol. The second-order valence-electron chi connectivity index (χ2n) is 5.42. The first kappa shape index (κ1) is 15.8. The molecule has 24 heavy (non-hydrogen) atoms. The molecule has 7 nitrogen and oxygen atoms in total. The summed E-state index contributed by atoms with van der Waals surface area (Å²) in [7, 11) is 3.44. The molecule has 2 heterocycles. The van der Waals surface area contributed by atoms with E-state index in [-0.39, 0.29) is 5.91 Å². The molecule has 0 radical (unpaired) electrons. The number of ether oxygens (including phenoxy) is 1. The Morgan fingerprint density at radius 2 is 2.04 bits per heavy atom. The zero-order valence-electron chi connectivity index (χ0n) is 14.0. The number of carbonyl (C=O) groups is 1. The van der Waals surface area contributed by atoms with Crippen molar-refractivity contribution in [1.29, 1.82) is 0 Å². The number of nitrogens with zero attached hydrogens (tertiary/aromatic N) is 3. The van der Waals surface area contributed by atoms with Crippen molar-refractivity contribution in [2.24, 2.45) is 7.05 Å². The van der Waals surface area contributed by atoms with Crippen molar-refractivity contribution >= 4 is 11.6 Å². The van der Waals surface area contributed by atoms with E-state index in [9.17, 15) is 4.79 Å². The van der Waals surface area contributed by atoms with Gasteiger partial charge in [-0.05, 0) is 31.2 Å². The molecule has 1 N–H and O–H groups in total.